The zero-order valence-corrected chi connectivity index (χ0v) is 41.4. The maximum absolute atomic E-state index is 12.2. The molecule has 15 nitrogen and oxygen atoms in total. The van der Waals surface area contributed by atoms with Gasteiger partial charge in [-0.15, -0.1) is 20.4 Å². The Bertz CT molecular complexity index is 2610. The molecular formula is C44H62N10O5S3Si. The standard InChI is InChI=1S/C26H39N5O3SSi.C18H23N5O2S2/c1-17-29-30-25(35-17)21-15-27-24-20(8-9-31(24)16-33-10-11-36(5,6)7)23(21)28-19-12-18(13-19)14-22(32)34-26(2,3)4;1-3-6-27(24,25)10-12-7-13(8-12)21-16-14-4-5-19-17(14)20-9-15(16)18-23-22-11(2)26-18/h8-9,15,18-19H,10-14,16H2,1-7H3,(H,27,28);4-5,9,12-13H,3,6-8,10H2,1-2H3,(H2,19,20,21). The van der Waals surface area contributed by atoms with Gasteiger partial charge in [-0.05, 0) is 96.7 Å². The lowest BCUT2D eigenvalue weighted by Gasteiger charge is -2.37. The lowest BCUT2D eigenvalue weighted by Crippen LogP contribution is -2.39. The first-order valence-electron chi connectivity index (χ1n) is 21.9. The monoisotopic (exact) mass is 934 g/mol. The minimum Gasteiger partial charge on any atom is -0.460 e. The van der Waals surface area contributed by atoms with Crippen LogP contribution in [0.15, 0.2) is 36.9 Å². The summed E-state index contributed by atoms with van der Waals surface area (Å²) in [6.07, 6.45) is 12.4. The molecular weight excluding hydrogens is 873 g/mol. The van der Waals surface area contributed by atoms with Crippen molar-refractivity contribution in [1.82, 2.24) is 39.9 Å². The molecule has 2 fully saturated rings. The average molecular weight is 935 g/mol. The van der Waals surface area contributed by atoms with Crippen LogP contribution in [0.1, 0.15) is 76.2 Å². The lowest BCUT2D eigenvalue weighted by atomic mass is 9.78. The lowest BCUT2D eigenvalue weighted by molar-refractivity contribution is -0.156. The third-order valence-electron chi connectivity index (χ3n) is 11.2. The van der Waals surface area contributed by atoms with Gasteiger partial charge in [-0.25, -0.2) is 18.4 Å². The molecule has 19 heteroatoms. The third kappa shape index (κ3) is 12.3. The Labute approximate surface area is 379 Å². The first kappa shape index (κ1) is 46.7. The molecule has 0 spiro atoms. The number of ether oxygens (including phenoxy) is 2. The van der Waals surface area contributed by atoms with Crippen molar-refractivity contribution in [3.63, 3.8) is 0 Å². The molecule has 0 atom stereocenters. The molecule has 0 amide bonds. The van der Waals surface area contributed by atoms with Gasteiger partial charge in [0.2, 0.25) is 0 Å². The molecule has 0 aliphatic heterocycles. The molecule has 0 aromatic carbocycles. The first-order valence-corrected chi connectivity index (χ1v) is 29.1. The largest absolute Gasteiger partial charge is 0.460 e. The first-order chi connectivity index (χ1) is 29.8. The maximum atomic E-state index is 12.2. The molecule has 2 aliphatic carbocycles. The molecule has 6 aromatic rings. The van der Waals surface area contributed by atoms with Crippen molar-refractivity contribution in [2.24, 2.45) is 11.8 Å². The van der Waals surface area contributed by atoms with Crippen molar-refractivity contribution in [2.45, 2.75) is 130 Å². The second-order valence-corrected chi connectivity index (χ2v) is 29.4. The van der Waals surface area contributed by atoms with Gasteiger partial charge in [0.15, 0.2) is 19.9 Å². The van der Waals surface area contributed by atoms with Gasteiger partial charge in [-0.1, -0.05) is 49.2 Å². The highest BCUT2D eigenvalue weighted by atomic mass is 32.2. The molecule has 2 saturated carbocycles. The molecule has 0 unspecified atom stereocenters. The van der Waals surface area contributed by atoms with E-state index >= 15 is 0 Å². The second-order valence-electron chi connectivity index (χ2n) is 19.2. The highest BCUT2D eigenvalue weighted by Gasteiger charge is 2.35. The molecule has 3 N–H and O–H groups in total. The quantitative estimate of drug-likeness (QED) is 0.0446. The Kier molecular flexibility index (Phi) is 14.4. The highest BCUT2D eigenvalue weighted by molar-refractivity contribution is 7.91. The van der Waals surface area contributed by atoms with Gasteiger partial charge in [0.05, 0.1) is 28.3 Å². The molecule has 0 radical (unpaired) electrons. The summed E-state index contributed by atoms with van der Waals surface area (Å²) in [7, 11) is -4.05. The molecule has 6 heterocycles. The maximum Gasteiger partial charge on any atom is 0.306 e. The van der Waals surface area contributed by atoms with Crippen LogP contribution in [-0.2, 0) is 30.8 Å². The summed E-state index contributed by atoms with van der Waals surface area (Å²) < 4.78 is 37.6. The zero-order chi connectivity index (χ0) is 45.1. The summed E-state index contributed by atoms with van der Waals surface area (Å²) in [5, 5.41) is 29.9. The predicted molar refractivity (Wildman–Crippen MR) is 257 cm³/mol. The molecule has 340 valence electrons. The number of esters is 1. The molecule has 0 saturated heterocycles. The van der Waals surface area contributed by atoms with E-state index in [0.29, 0.717) is 31.2 Å². The third-order valence-corrected chi connectivity index (χ3v) is 16.6. The molecule has 6 aromatic heterocycles. The minimum atomic E-state index is -2.92. The molecule has 63 heavy (non-hydrogen) atoms. The Hall–Kier alpha value is -4.30. The number of nitrogens with one attached hydrogen (secondary N) is 3. The van der Waals surface area contributed by atoms with E-state index in [1.54, 1.807) is 22.7 Å². The summed E-state index contributed by atoms with van der Waals surface area (Å²) in [6.45, 7) is 19.8. The number of carbonyl (C=O) groups is 1. The summed E-state index contributed by atoms with van der Waals surface area (Å²) in [6, 6.07) is 5.79. The highest BCUT2D eigenvalue weighted by Crippen LogP contribution is 2.41. The van der Waals surface area contributed by atoms with Gasteiger partial charge in [-0.3, -0.25) is 4.79 Å². The fraction of sp³-hybridized carbons (Fsp3) is 0.568. The van der Waals surface area contributed by atoms with Crippen molar-refractivity contribution in [3.8, 4) is 21.1 Å². The minimum absolute atomic E-state index is 0.117. The second kappa shape index (κ2) is 19.4. The van der Waals surface area contributed by atoms with Crippen LogP contribution in [0.25, 0.3) is 43.2 Å². The smallest absolute Gasteiger partial charge is 0.306 e. The Morgan fingerprint density at radius 2 is 1.49 bits per heavy atom. The number of fused-ring (bicyclic) bond motifs is 2. The summed E-state index contributed by atoms with van der Waals surface area (Å²) in [5.74, 6) is 1.06. The number of pyridine rings is 2. The molecule has 8 rings (SSSR count). The van der Waals surface area contributed by atoms with E-state index < -0.39 is 23.5 Å². The van der Waals surface area contributed by atoms with Crippen LogP contribution in [0.2, 0.25) is 25.7 Å². The van der Waals surface area contributed by atoms with E-state index in [1.165, 1.54) is 0 Å². The number of aromatic nitrogens is 8. The van der Waals surface area contributed by atoms with Gasteiger partial charge in [0.25, 0.3) is 0 Å². The van der Waals surface area contributed by atoms with E-state index in [1.807, 2.05) is 72.4 Å². The zero-order valence-electron chi connectivity index (χ0n) is 37.9. The Balaban J connectivity index is 0.000000196. The number of hydrogen-bond acceptors (Lipinski definition) is 15. The van der Waals surface area contributed by atoms with Crippen molar-refractivity contribution < 1.29 is 22.7 Å². The predicted octanol–water partition coefficient (Wildman–Crippen LogP) is 9.50. The van der Waals surface area contributed by atoms with Gasteiger partial charge in [0.1, 0.15) is 33.6 Å². The molecule has 2 aliphatic rings. The Morgan fingerprint density at radius 3 is 2.06 bits per heavy atom. The SMILES string of the molecule is CCCS(=O)(=O)CC1CC(Nc2c(-c3nnc(C)s3)cnc3[nH]ccc23)C1.Cc1nnc(-c2cnc3c(ccn3COCC[Si](C)(C)C)c2NC2CC(CC(=O)OC(C)(C)C)C2)s1. The number of anilines is 2. The summed E-state index contributed by atoms with van der Waals surface area (Å²) in [4.78, 5) is 24.6. The van der Waals surface area contributed by atoms with Crippen molar-refractivity contribution in [3.05, 3.63) is 46.9 Å². The van der Waals surface area contributed by atoms with E-state index in [4.69, 9.17) is 14.5 Å². The van der Waals surface area contributed by atoms with Crippen molar-refractivity contribution >= 4 is 80.0 Å². The van der Waals surface area contributed by atoms with Crippen molar-refractivity contribution in [2.75, 3.05) is 28.7 Å². The summed E-state index contributed by atoms with van der Waals surface area (Å²) >= 11 is 3.11. The van der Waals surface area contributed by atoms with Gasteiger partial charge in [0, 0.05) is 74.5 Å². The number of hydrogen-bond donors (Lipinski definition) is 3. The van der Waals surface area contributed by atoms with Crippen LogP contribution < -0.4 is 10.6 Å². The average Bonchev–Trinajstić information content (AvgIpc) is 3.99. The van der Waals surface area contributed by atoms with E-state index in [-0.39, 0.29) is 29.7 Å². The van der Waals surface area contributed by atoms with Crippen LogP contribution in [-0.4, -0.2) is 98.2 Å². The van der Waals surface area contributed by atoms with Gasteiger partial charge in [-0.2, -0.15) is 0 Å². The molecule has 0 bridgehead atoms. The van der Waals surface area contributed by atoms with E-state index in [0.717, 1.165) is 103 Å². The number of carbonyl (C=O) groups excluding carboxylic acids is 1. The number of nitrogens with zero attached hydrogens (tertiary/aromatic N) is 7. The number of aryl methyl sites for hydroxylation is 2. The Morgan fingerprint density at radius 1 is 0.889 bits per heavy atom. The number of rotatable bonds is 17. The van der Waals surface area contributed by atoms with Crippen molar-refractivity contribution in [1.29, 1.82) is 0 Å². The number of sulfone groups is 1. The van der Waals surface area contributed by atoms with Crippen LogP contribution >= 0.6 is 22.7 Å². The van der Waals surface area contributed by atoms with Crippen LogP contribution in [0, 0.1) is 25.7 Å². The van der Waals surface area contributed by atoms with Crippen LogP contribution in [0.5, 0.6) is 0 Å². The number of aromatic amines is 1. The van der Waals surface area contributed by atoms with Crippen LogP contribution in [0.4, 0.5) is 11.4 Å². The number of H-pyrrole nitrogens is 1. The van der Waals surface area contributed by atoms with Gasteiger partial charge >= 0.3 is 5.97 Å². The van der Waals surface area contributed by atoms with E-state index in [9.17, 15) is 13.2 Å². The fourth-order valence-corrected chi connectivity index (χ4v) is 12.0. The van der Waals surface area contributed by atoms with E-state index in [2.05, 4.69) is 71.3 Å². The van der Waals surface area contributed by atoms with Gasteiger partial charge < -0.3 is 29.7 Å². The normalized spacial score (nSPS) is 19.0. The topological polar surface area (TPSA) is 192 Å². The van der Waals surface area contributed by atoms with Crippen LogP contribution in [0.3, 0.4) is 0 Å². The fourth-order valence-electron chi connectivity index (χ4n) is 8.03. The summed E-state index contributed by atoms with van der Waals surface area (Å²) in [5.41, 5.74) is 5.19.